The third-order valence-corrected chi connectivity index (χ3v) is 9.08. The Hall–Kier alpha value is -2.05. The van der Waals surface area contributed by atoms with Crippen LogP contribution in [0.4, 0.5) is 0 Å². The molecule has 5 atom stereocenters. The van der Waals surface area contributed by atoms with Gasteiger partial charge in [0.05, 0.1) is 5.92 Å². The number of nitrogens with zero attached hydrogens (tertiary/aromatic N) is 2. The maximum absolute atomic E-state index is 12.9. The first-order valence-corrected chi connectivity index (χ1v) is 12.7. The molecule has 3 heterocycles. The zero-order chi connectivity index (χ0) is 22.6. The summed E-state index contributed by atoms with van der Waals surface area (Å²) in [6.45, 7) is 12.9. The zero-order valence-electron chi connectivity index (χ0n) is 19.8. The van der Waals surface area contributed by atoms with E-state index in [9.17, 15) is 4.79 Å². The average Bonchev–Trinajstić information content (AvgIpc) is 3.37. The van der Waals surface area contributed by atoms with Crippen molar-refractivity contribution < 1.29 is 19.0 Å². The van der Waals surface area contributed by atoms with E-state index < -0.39 is 0 Å². The van der Waals surface area contributed by atoms with E-state index in [1.165, 1.54) is 24.0 Å². The fraction of sp³-hybridized carbons (Fsp3) is 0.667. The molecule has 4 fully saturated rings. The van der Waals surface area contributed by atoms with E-state index in [0.29, 0.717) is 18.6 Å². The summed E-state index contributed by atoms with van der Waals surface area (Å²) in [6, 6.07) is 6.23. The van der Waals surface area contributed by atoms with Crippen LogP contribution < -0.4 is 9.47 Å². The minimum absolute atomic E-state index is 0.0229. The summed E-state index contributed by atoms with van der Waals surface area (Å²) in [4.78, 5) is 17.9. The van der Waals surface area contributed by atoms with E-state index in [1.807, 2.05) is 6.07 Å². The molecule has 1 aromatic carbocycles. The van der Waals surface area contributed by atoms with Gasteiger partial charge in [0.1, 0.15) is 6.10 Å². The molecule has 178 valence electrons. The first-order valence-electron chi connectivity index (χ1n) is 12.7. The molecule has 6 rings (SSSR count). The second-order valence-electron chi connectivity index (χ2n) is 11.2. The van der Waals surface area contributed by atoms with Crippen molar-refractivity contribution in [2.45, 2.75) is 51.7 Å². The van der Waals surface area contributed by atoms with Crippen LogP contribution in [0, 0.1) is 23.2 Å². The number of hydrogen-bond donors (Lipinski definition) is 0. The largest absolute Gasteiger partial charge is 0.462 e. The summed E-state index contributed by atoms with van der Waals surface area (Å²) in [5.41, 5.74) is 2.94. The first-order chi connectivity index (χ1) is 16.0. The normalized spacial score (nSPS) is 36.4. The number of benzene rings is 1. The first kappa shape index (κ1) is 21.5. The summed E-state index contributed by atoms with van der Waals surface area (Å²) in [5, 5.41) is 0. The summed E-state index contributed by atoms with van der Waals surface area (Å²) in [5.74, 6) is 2.67. The van der Waals surface area contributed by atoms with Crippen LogP contribution in [-0.2, 0) is 16.1 Å². The number of fused-ring (bicyclic) bond motifs is 3. The van der Waals surface area contributed by atoms with Crippen LogP contribution in [0.15, 0.2) is 30.4 Å². The van der Waals surface area contributed by atoms with Gasteiger partial charge < -0.3 is 14.2 Å². The summed E-state index contributed by atoms with van der Waals surface area (Å²) < 4.78 is 16.9. The number of ether oxygens (including phenoxy) is 3. The molecule has 0 aromatic heterocycles. The standard InChI is InChI=1S/C27H36N2O4/c1-18-4-3-7-27(2)14-25-20(13-22(18)27)21(26(30)33-25)16-29-10-8-28(9-11-29)15-19-5-6-23-24(12-19)32-17-31-23/h5-6,12,20-22,25H,1,3-4,7-11,13-17H2,2H3/t20-,21?,22?,25-,27-/m1/s1. The molecule has 2 aliphatic carbocycles. The molecule has 2 unspecified atom stereocenters. The van der Waals surface area contributed by atoms with Gasteiger partial charge >= 0.3 is 5.97 Å². The Bertz CT molecular complexity index is 940. The lowest BCUT2D eigenvalue weighted by Gasteiger charge is -2.50. The summed E-state index contributed by atoms with van der Waals surface area (Å²) in [6.07, 6.45) is 5.85. The second kappa shape index (κ2) is 8.31. The summed E-state index contributed by atoms with van der Waals surface area (Å²) >= 11 is 0. The molecule has 6 nitrogen and oxygen atoms in total. The lowest BCUT2D eigenvalue weighted by molar-refractivity contribution is -0.146. The SMILES string of the molecule is C=C1CCC[C@]2(C)C[C@H]3OC(=O)C(CN4CCN(Cc5ccc6c(c5)OCO6)CC4)[C@H]3CC12. The van der Waals surface area contributed by atoms with Gasteiger partial charge in [-0.3, -0.25) is 14.6 Å². The Labute approximate surface area is 196 Å². The number of carbonyl (C=O) groups excluding carboxylic acids is 1. The van der Waals surface area contributed by atoms with Crippen molar-refractivity contribution in [1.82, 2.24) is 9.80 Å². The third kappa shape index (κ3) is 3.95. The number of carbonyl (C=O) groups is 1. The number of allylic oxidation sites excluding steroid dienone is 1. The molecule has 0 radical (unpaired) electrons. The van der Waals surface area contributed by atoms with Gasteiger partial charge in [0.25, 0.3) is 0 Å². The van der Waals surface area contributed by atoms with Crippen molar-refractivity contribution in [2.75, 3.05) is 39.5 Å². The molecular formula is C27H36N2O4. The predicted molar refractivity (Wildman–Crippen MR) is 125 cm³/mol. The quantitative estimate of drug-likeness (QED) is 0.511. The van der Waals surface area contributed by atoms with Gasteiger partial charge in [-0.25, -0.2) is 0 Å². The minimum Gasteiger partial charge on any atom is -0.462 e. The highest BCUT2D eigenvalue weighted by molar-refractivity contribution is 5.75. The molecule has 6 heteroatoms. The monoisotopic (exact) mass is 452 g/mol. The molecule has 3 aliphatic heterocycles. The van der Waals surface area contributed by atoms with E-state index >= 15 is 0 Å². The van der Waals surface area contributed by atoms with Crippen LogP contribution in [0.2, 0.25) is 0 Å². The van der Waals surface area contributed by atoms with Gasteiger partial charge in [-0.05, 0) is 61.1 Å². The van der Waals surface area contributed by atoms with Crippen LogP contribution in [0.5, 0.6) is 11.5 Å². The Morgan fingerprint density at radius 2 is 1.91 bits per heavy atom. The lowest BCUT2D eigenvalue weighted by atomic mass is 9.55. The smallest absolute Gasteiger partial charge is 0.310 e. The van der Waals surface area contributed by atoms with Crippen LogP contribution in [0.25, 0.3) is 0 Å². The number of piperazine rings is 1. The van der Waals surface area contributed by atoms with Crippen LogP contribution in [0.1, 0.15) is 44.6 Å². The van der Waals surface area contributed by atoms with Crippen molar-refractivity contribution in [3.63, 3.8) is 0 Å². The van der Waals surface area contributed by atoms with E-state index in [0.717, 1.165) is 70.0 Å². The molecule has 33 heavy (non-hydrogen) atoms. The average molecular weight is 453 g/mol. The van der Waals surface area contributed by atoms with E-state index in [2.05, 4.69) is 35.4 Å². The maximum Gasteiger partial charge on any atom is 0.310 e. The molecule has 0 bridgehead atoms. The Morgan fingerprint density at radius 1 is 1.12 bits per heavy atom. The Morgan fingerprint density at radius 3 is 2.76 bits per heavy atom. The predicted octanol–water partition coefficient (Wildman–Crippen LogP) is 3.85. The van der Waals surface area contributed by atoms with Gasteiger partial charge in [0.2, 0.25) is 6.79 Å². The molecule has 0 spiro atoms. The lowest BCUT2D eigenvalue weighted by Crippen LogP contribution is -2.49. The highest BCUT2D eigenvalue weighted by Crippen LogP contribution is 2.57. The van der Waals surface area contributed by atoms with Crippen LogP contribution in [0.3, 0.4) is 0 Å². The number of rotatable bonds is 4. The number of esters is 1. The zero-order valence-corrected chi connectivity index (χ0v) is 19.8. The van der Waals surface area contributed by atoms with Crippen molar-refractivity contribution in [2.24, 2.45) is 23.2 Å². The van der Waals surface area contributed by atoms with Gasteiger partial charge in [-0.1, -0.05) is 25.1 Å². The van der Waals surface area contributed by atoms with Gasteiger partial charge in [-0.2, -0.15) is 0 Å². The number of hydrogen-bond acceptors (Lipinski definition) is 6. The molecule has 2 saturated carbocycles. The second-order valence-corrected chi connectivity index (χ2v) is 11.2. The highest BCUT2D eigenvalue weighted by atomic mass is 16.7. The Balaban J connectivity index is 1.05. The van der Waals surface area contributed by atoms with E-state index in [1.54, 1.807) is 0 Å². The fourth-order valence-electron chi connectivity index (χ4n) is 7.17. The van der Waals surface area contributed by atoms with Crippen LogP contribution in [-0.4, -0.2) is 61.4 Å². The highest BCUT2D eigenvalue weighted by Gasteiger charge is 2.55. The van der Waals surface area contributed by atoms with Gasteiger partial charge in [0, 0.05) is 45.2 Å². The molecule has 2 saturated heterocycles. The Kier molecular flexibility index (Phi) is 5.41. The van der Waals surface area contributed by atoms with Crippen molar-refractivity contribution in [3.8, 4) is 11.5 Å². The molecule has 0 amide bonds. The molecule has 0 N–H and O–H groups in total. The van der Waals surface area contributed by atoms with Gasteiger partial charge in [-0.15, -0.1) is 0 Å². The fourth-order valence-corrected chi connectivity index (χ4v) is 7.17. The van der Waals surface area contributed by atoms with Crippen LogP contribution >= 0.6 is 0 Å². The third-order valence-electron chi connectivity index (χ3n) is 9.08. The van der Waals surface area contributed by atoms with E-state index in [4.69, 9.17) is 14.2 Å². The van der Waals surface area contributed by atoms with Crippen molar-refractivity contribution in [3.05, 3.63) is 35.9 Å². The minimum atomic E-state index is 0.0229. The molecular weight excluding hydrogens is 416 g/mol. The van der Waals surface area contributed by atoms with Crippen molar-refractivity contribution >= 4 is 5.97 Å². The summed E-state index contributed by atoms with van der Waals surface area (Å²) in [7, 11) is 0. The maximum atomic E-state index is 12.9. The van der Waals surface area contributed by atoms with Gasteiger partial charge in [0.15, 0.2) is 11.5 Å². The molecule has 1 aromatic rings. The van der Waals surface area contributed by atoms with E-state index in [-0.39, 0.29) is 23.4 Å². The molecule has 5 aliphatic rings. The topological polar surface area (TPSA) is 51.2 Å². The van der Waals surface area contributed by atoms with Crippen molar-refractivity contribution in [1.29, 1.82) is 0 Å².